The minimum Gasteiger partial charge on any atom is -0.308 e. The Kier molecular flexibility index (Phi) is 6.21. The van der Waals surface area contributed by atoms with E-state index in [-0.39, 0.29) is 5.92 Å². The number of hydrogen-bond acceptors (Lipinski definition) is 7. The SMILES string of the molecule is CN(C)CCn1nnnc1SCC(C=S)c1ccccn1. The van der Waals surface area contributed by atoms with Crippen LogP contribution in [0.4, 0.5) is 0 Å². The summed E-state index contributed by atoms with van der Waals surface area (Å²) in [6.45, 7) is 1.67. The van der Waals surface area contributed by atoms with E-state index in [1.807, 2.05) is 37.0 Å². The van der Waals surface area contributed by atoms with E-state index in [9.17, 15) is 0 Å². The molecule has 8 heteroatoms. The summed E-state index contributed by atoms with van der Waals surface area (Å²) in [4.78, 5) is 6.46. The Morgan fingerprint density at radius 2 is 2.29 bits per heavy atom. The molecule has 2 heterocycles. The third kappa shape index (κ3) is 4.83. The van der Waals surface area contributed by atoms with Crippen molar-refractivity contribution in [3.8, 4) is 0 Å². The number of rotatable bonds is 8. The maximum absolute atomic E-state index is 5.13. The van der Waals surface area contributed by atoms with E-state index in [2.05, 4.69) is 25.4 Å². The third-order valence-electron chi connectivity index (χ3n) is 2.88. The fraction of sp³-hybridized carbons (Fsp3) is 0.462. The van der Waals surface area contributed by atoms with Gasteiger partial charge in [0.2, 0.25) is 5.16 Å². The van der Waals surface area contributed by atoms with Gasteiger partial charge in [0.15, 0.2) is 0 Å². The van der Waals surface area contributed by atoms with Gasteiger partial charge in [-0.15, -0.1) is 5.10 Å². The Morgan fingerprint density at radius 1 is 1.43 bits per heavy atom. The third-order valence-corrected chi connectivity index (χ3v) is 4.29. The molecule has 0 amide bonds. The molecule has 0 aliphatic rings. The predicted octanol–water partition coefficient (Wildman–Crippen LogP) is 1.51. The Labute approximate surface area is 133 Å². The molecule has 2 aromatic heterocycles. The normalized spacial score (nSPS) is 12.5. The van der Waals surface area contributed by atoms with Gasteiger partial charge in [-0.2, -0.15) is 0 Å². The van der Waals surface area contributed by atoms with Crippen LogP contribution in [0.5, 0.6) is 0 Å². The van der Waals surface area contributed by atoms with E-state index in [0.717, 1.165) is 29.7 Å². The van der Waals surface area contributed by atoms with Gasteiger partial charge >= 0.3 is 0 Å². The van der Waals surface area contributed by atoms with Crippen molar-refractivity contribution in [1.29, 1.82) is 0 Å². The smallest absolute Gasteiger partial charge is 0.209 e. The quantitative estimate of drug-likeness (QED) is 0.539. The largest absolute Gasteiger partial charge is 0.308 e. The van der Waals surface area contributed by atoms with Gasteiger partial charge in [0, 0.05) is 30.1 Å². The van der Waals surface area contributed by atoms with Crippen LogP contribution in [0.3, 0.4) is 0 Å². The van der Waals surface area contributed by atoms with Crippen molar-refractivity contribution >= 4 is 29.3 Å². The summed E-state index contributed by atoms with van der Waals surface area (Å²) >= 11 is 6.73. The summed E-state index contributed by atoms with van der Waals surface area (Å²) in [5, 5.41) is 14.4. The molecular weight excluding hydrogens is 304 g/mol. The lowest BCUT2D eigenvalue weighted by molar-refractivity contribution is 0.361. The first-order valence-electron chi connectivity index (χ1n) is 6.60. The van der Waals surface area contributed by atoms with Crippen molar-refractivity contribution in [3.05, 3.63) is 30.1 Å². The molecule has 0 aliphatic carbocycles. The average Bonchev–Trinajstić information content (AvgIpc) is 2.94. The lowest BCUT2D eigenvalue weighted by Gasteiger charge is -2.12. The Hall–Kier alpha value is -1.38. The maximum atomic E-state index is 5.13. The van der Waals surface area contributed by atoms with E-state index in [1.165, 1.54) is 0 Å². The van der Waals surface area contributed by atoms with Crippen LogP contribution >= 0.6 is 24.0 Å². The number of nitrogens with zero attached hydrogens (tertiary/aromatic N) is 6. The highest BCUT2D eigenvalue weighted by atomic mass is 32.2. The van der Waals surface area contributed by atoms with Gasteiger partial charge in [-0.05, 0) is 42.0 Å². The van der Waals surface area contributed by atoms with Crippen LogP contribution < -0.4 is 0 Å². The van der Waals surface area contributed by atoms with Crippen molar-refractivity contribution in [1.82, 2.24) is 30.1 Å². The first kappa shape index (κ1) is 16.0. The maximum Gasteiger partial charge on any atom is 0.209 e. The molecule has 0 spiro atoms. The molecule has 0 N–H and O–H groups in total. The summed E-state index contributed by atoms with van der Waals surface area (Å²) in [6.07, 6.45) is 1.78. The summed E-state index contributed by atoms with van der Waals surface area (Å²) in [6, 6.07) is 5.86. The van der Waals surface area contributed by atoms with Crippen LogP contribution in [0.15, 0.2) is 29.6 Å². The second-order valence-corrected chi connectivity index (χ2v) is 6.06. The van der Waals surface area contributed by atoms with Gasteiger partial charge in [-0.3, -0.25) is 4.98 Å². The van der Waals surface area contributed by atoms with Gasteiger partial charge in [-0.25, -0.2) is 4.68 Å². The number of likely N-dealkylation sites (N-methyl/N-ethyl adjacent to an activating group) is 1. The summed E-state index contributed by atoms with van der Waals surface area (Å²) in [7, 11) is 4.06. The van der Waals surface area contributed by atoms with Crippen molar-refractivity contribution in [2.75, 3.05) is 26.4 Å². The highest BCUT2D eigenvalue weighted by Crippen LogP contribution is 2.22. The van der Waals surface area contributed by atoms with Gasteiger partial charge < -0.3 is 4.90 Å². The minimum atomic E-state index is 0.116. The molecule has 1 unspecified atom stereocenters. The number of aromatic nitrogens is 5. The molecule has 2 rings (SSSR count). The van der Waals surface area contributed by atoms with Gasteiger partial charge in [0.25, 0.3) is 0 Å². The molecular formula is C13H18N6S2. The van der Waals surface area contributed by atoms with Crippen molar-refractivity contribution < 1.29 is 0 Å². The monoisotopic (exact) mass is 322 g/mol. The Morgan fingerprint density at radius 3 is 2.95 bits per heavy atom. The van der Waals surface area contributed by atoms with Crippen molar-refractivity contribution in [3.63, 3.8) is 0 Å². The molecule has 1 atom stereocenters. The number of hydrogen-bond donors (Lipinski definition) is 0. The van der Waals surface area contributed by atoms with Crippen LogP contribution in [-0.2, 0) is 6.54 Å². The minimum absolute atomic E-state index is 0.116. The molecule has 0 bridgehead atoms. The highest BCUT2D eigenvalue weighted by Gasteiger charge is 2.13. The Bertz CT molecular complexity index is 557. The number of pyridine rings is 1. The lowest BCUT2D eigenvalue weighted by atomic mass is 10.1. The Balaban J connectivity index is 1.96. The van der Waals surface area contributed by atoms with Crippen molar-refractivity contribution in [2.45, 2.75) is 17.6 Å². The summed E-state index contributed by atoms with van der Waals surface area (Å²) in [5.74, 6) is 0.897. The first-order valence-corrected chi connectivity index (χ1v) is 8.06. The van der Waals surface area contributed by atoms with E-state index < -0.39 is 0 Å². The second-order valence-electron chi connectivity index (χ2n) is 4.80. The second kappa shape index (κ2) is 8.16. The fourth-order valence-corrected chi connectivity index (χ4v) is 3.01. The molecule has 0 fully saturated rings. The van der Waals surface area contributed by atoms with Crippen LogP contribution in [-0.4, -0.2) is 61.9 Å². The standard InChI is InChI=1S/C13H18N6S2/c1-18(2)7-8-19-13(15-16-17-19)21-10-11(9-20)12-5-3-4-6-14-12/h3-6,9,11H,7-8,10H2,1-2H3. The lowest BCUT2D eigenvalue weighted by Crippen LogP contribution is -2.19. The van der Waals surface area contributed by atoms with Crippen LogP contribution in [0.25, 0.3) is 0 Å². The number of thiocarbonyl (C=S) groups is 1. The number of tetrazole rings is 1. The zero-order valence-electron chi connectivity index (χ0n) is 12.1. The summed E-state index contributed by atoms with van der Waals surface area (Å²) < 4.78 is 1.82. The predicted molar refractivity (Wildman–Crippen MR) is 87.7 cm³/mol. The molecule has 112 valence electrons. The molecule has 0 aliphatic heterocycles. The number of thioether (sulfide) groups is 1. The van der Waals surface area contributed by atoms with Crippen LogP contribution in [0, 0.1) is 0 Å². The topological polar surface area (TPSA) is 59.7 Å². The van der Waals surface area contributed by atoms with E-state index in [1.54, 1.807) is 23.3 Å². The summed E-state index contributed by atoms with van der Waals surface area (Å²) in [5.41, 5.74) is 0.979. The van der Waals surface area contributed by atoms with Gasteiger partial charge in [0.05, 0.1) is 6.54 Å². The molecule has 0 radical (unpaired) electrons. The molecule has 2 aromatic rings. The zero-order chi connectivity index (χ0) is 15.1. The molecule has 6 nitrogen and oxygen atoms in total. The van der Waals surface area contributed by atoms with Crippen molar-refractivity contribution in [2.24, 2.45) is 0 Å². The van der Waals surface area contributed by atoms with E-state index in [4.69, 9.17) is 12.2 Å². The van der Waals surface area contributed by atoms with Gasteiger partial charge in [-0.1, -0.05) is 30.0 Å². The van der Waals surface area contributed by atoms with Crippen LogP contribution in [0.1, 0.15) is 11.6 Å². The average molecular weight is 322 g/mol. The zero-order valence-corrected chi connectivity index (χ0v) is 13.7. The highest BCUT2D eigenvalue weighted by molar-refractivity contribution is 7.99. The van der Waals surface area contributed by atoms with Crippen LogP contribution in [0.2, 0.25) is 0 Å². The molecule has 21 heavy (non-hydrogen) atoms. The van der Waals surface area contributed by atoms with E-state index >= 15 is 0 Å². The molecule has 0 saturated carbocycles. The first-order chi connectivity index (χ1) is 10.2. The van der Waals surface area contributed by atoms with Gasteiger partial charge in [0.1, 0.15) is 0 Å². The molecule has 0 saturated heterocycles. The fourth-order valence-electron chi connectivity index (χ4n) is 1.69. The van der Waals surface area contributed by atoms with E-state index in [0.29, 0.717) is 0 Å². The molecule has 0 aromatic carbocycles.